The number of thioether (sulfide) groups is 1. The largest absolute Gasteiger partial charge is 0.285 e. The van der Waals surface area contributed by atoms with Crippen LogP contribution in [0.4, 0.5) is 5.69 Å². The van der Waals surface area contributed by atoms with Gasteiger partial charge in [0.15, 0.2) is 5.17 Å². The minimum absolute atomic E-state index is 0.0699. The lowest BCUT2D eigenvalue weighted by Gasteiger charge is -2.18. The smallest absolute Gasteiger partial charge is 0.282 e. The molecule has 25 heavy (non-hydrogen) atoms. The highest BCUT2D eigenvalue weighted by molar-refractivity contribution is 8.13. The number of rotatable bonds is 4. The molecule has 8 heteroatoms. The van der Waals surface area contributed by atoms with E-state index in [0.29, 0.717) is 29.0 Å². The molecule has 0 bridgehead atoms. The number of hydrogen-bond acceptors (Lipinski definition) is 5. The Morgan fingerprint density at radius 3 is 2.72 bits per heavy atom. The van der Waals surface area contributed by atoms with E-state index in [0.717, 1.165) is 5.56 Å². The van der Waals surface area contributed by atoms with Crippen molar-refractivity contribution in [3.05, 3.63) is 74.8 Å². The molecule has 6 nitrogen and oxygen atoms in total. The number of nitro benzene ring substituents is 1. The van der Waals surface area contributed by atoms with Gasteiger partial charge >= 0.3 is 0 Å². The third-order valence-corrected chi connectivity index (χ3v) is 5.12. The molecule has 1 amide bonds. The van der Waals surface area contributed by atoms with E-state index in [9.17, 15) is 14.9 Å². The van der Waals surface area contributed by atoms with Gasteiger partial charge in [-0.25, -0.2) is 0 Å². The molecule has 0 saturated carbocycles. The van der Waals surface area contributed by atoms with Crippen molar-refractivity contribution < 1.29 is 9.72 Å². The molecule has 0 aliphatic carbocycles. The number of nitro groups is 1. The van der Waals surface area contributed by atoms with Crippen molar-refractivity contribution in [3.8, 4) is 0 Å². The van der Waals surface area contributed by atoms with Crippen molar-refractivity contribution in [2.75, 3.05) is 13.1 Å². The average molecular weight is 376 g/mol. The van der Waals surface area contributed by atoms with Gasteiger partial charge in [0.2, 0.25) is 0 Å². The number of hydrogen-bond donors (Lipinski definition) is 0. The van der Waals surface area contributed by atoms with Crippen LogP contribution in [-0.2, 0) is 5.75 Å². The molecule has 1 aliphatic heterocycles. The second-order valence-electron chi connectivity index (χ2n) is 5.28. The van der Waals surface area contributed by atoms with Crippen LogP contribution in [0.3, 0.4) is 0 Å². The Balaban J connectivity index is 1.77. The topological polar surface area (TPSA) is 75.8 Å². The molecule has 0 saturated heterocycles. The summed E-state index contributed by atoms with van der Waals surface area (Å²) < 4.78 is 0. The van der Waals surface area contributed by atoms with Gasteiger partial charge in [0.1, 0.15) is 5.56 Å². The molecule has 2 aromatic rings. The number of nitrogens with zero attached hydrogens (tertiary/aromatic N) is 3. The summed E-state index contributed by atoms with van der Waals surface area (Å²) in [6.07, 6.45) is 0. The van der Waals surface area contributed by atoms with E-state index >= 15 is 0 Å². The summed E-state index contributed by atoms with van der Waals surface area (Å²) in [5.74, 6) is 0.161. The van der Waals surface area contributed by atoms with Crippen molar-refractivity contribution in [2.24, 2.45) is 4.99 Å². The van der Waals surface area contributed by atoms with Crippen LogP contribution in [0.15, 0.2) is 53.5 Å². The molecule has 1 aliphatic rings. The van der Waals surface area contributed by atoms with E-state index in [1.54, 1.807) is 12.1 Å². The fraction of sp³-hybridized carbons (Fsp3) is 0.176. The number of carbonyl (C=O) groups excluding carboxylic acids is 1. The summed E-state index contributed by atoms with van der Waals surface area (Å²) >= 11 is 7.55. The molecule has 0 spiro atoms. The van der Waals surface area contributed by atoms with Gasteiger partial charge in [0.05, 0.1) is 11.5 Å². The van der Waals surface area contributed by atoms with Crippen molar-refractivity contribution in [1.82, 2.24) is 4.90 Å². The molecule has 128 valence electrons. The maximum atomic E-state index is 12.8. The SMILES string of the molecule is O=C(c1ccccc1[N+](=O)[O-])N1CCN=C1SCc1ccccc1Cl. The van der Waals surface area contributed by atoms with Gasteiger partial charge in [0.25, 0.3) is 11.6 Å². The average Bonchev–Trinajstić information content (AvgIpc) is 3.09. The van der Waals surface area contributed by atoms with Crippen molar-refractivity contribution in [3.63, 3.8) is 0 Å². The first-order valence-electron chi connectivity index (χ1n) is 7.54. The molecule has 3 rings (SSSR count). The molecule has 0 N–H and O–H groups in total. The summed E-state index contributed by atoms with van der Waals surface area (Å²) in [6.45, 7) is 0.896. The van der Waals surface area contributed by atoms with Crippen LogP contribution < -0.4 is 0 Å². The molecule has 0 aromatic heterocycles. The normalized spacial score (nSPS) is 13.6. The number of amidine groups is 1. The van der Waals surface area contributed by atoms with E-state index in [-0.39, 0.29) is 11.3 Å². The molecule has 0 atom stereocenters. The monoisotopic (exact) mass is 375 g/mol. The van der Waals surface area contributed by atoms with Crippen molar-refractivity contribution in [2.45, 2.75) is 5.75 Å². The molecule has 2 aromatic carbocycles. The van der Waals surface area contributed by atoms with Crippen LogP contribution in [0.5, 0.6) is 0 Å². The van der Waals surface area contributed by atoms with Crippen LogP contribution in [-0.4, -0.2) is 34.0 Å². The Hall–Kier alpha value is -2.38. The first-order valence-corrected chi connectivity index (χ1v) is 8.90. The third-order valence-electron chi connectivity index (χ3n) is 3.69. The minimum atomic E-state index is -0.545. The van der Waals surface area contributed by atoms with Gasteiger partial charge in [-0.15, -0.1) is 0 Å². The highest BCUT2D eigenvalue weighted by Gasteiger charge is 2.29. The zero-order valence-corrected chi connectivity index (χ0v) is 14.7. The van der Waals surface area contributed by atoms with Gasteiger partial charge in [-0.1, -0.05) is 53.7 Å². The first-order chi connectivity index (χ1) is 12.1. The quantitative estimate of drug-likeness (QED) is 0.598. The summed E-state index contributed by atoms with van der Waals surface area (Å²) in [6, 6.07) is 13.4. The fourth-order valence-corrected chi connectivity index (χ4v) is 3.79. The Kier molecular flexibility index (Phi) is 5.35. The predicted octanol–water partition coefficient (Wildman–Crippen LogP) is 3.99. The van der Waals surface area contributed by atoms with Crippen LogP contribution in [0.25, 0.3) is 0 Å². The van der Waals surface area contributed by atoms with E-state index < -0.39 is 10.8 Å². The Morgan fingerprint density at radius 1 is 1.24 bits per heavy atom. The number of amides is 1. The second-order valence-corrected chi connectivity index (χ2v) is 6.63. The van der Waals surface area contributed by atoms with Gasteiger partial charge in [-0.3, -0.25) is 24.8 Å². The summed E-state index contributed by atoms with van der Waals surface area (Å²) in [7, 11) is 0. The summed E-state index contributed by atoms with van der Waals surface area (Å²) in [5.41, 5.74) is 0.817. The molecular formula is C17H14ClN3O3S. The van der Waals surface area contributed by atoms with E-state index in [1.807, 2.05) is 24.3 Å². The van der Waals surface area contributed by atoms with E-state index in [4.69, 9.17) is 11.6 Å². The Morgan fingerprint density at radius 2 is 1.96 bits per heavy atom. The lowest BCUT2D eigenvalue weighted by atomic mass is 10.1. The summed E-state index contributed by atoms with van der Waals surface area (Å²) in [5, 5.41) is 12.4. The second kappa shape index (κ2) is 7.67. The highest BCUT2D eigenvalue weighted by Crippen LogP contribution is 2.27. The zero-order valence-electron chi connectivity index (χ0n) is 13.1. The van der Waals surface area contributed by atoms with Gasteiger partial charge in [-0.05, 0) is 17.7 Å². The predicted molar refractivity (Wildman–Crippen MR) is 99.2 cm³/mol. The highest BCUT2D eigenvalue weighted by atomic mass is 35.5. The number of benzene rings is 2. The van der Waals surface area contributed by atoms with Crippen LogP contribution >= 0.6 is 23.4 Å². The maximum Gasteiger partial charge on any atom is 0.282 e. The van der Waals surface area contributed by atoms with Crippen molar-refractivity contribution >= 4 is 40.1 Å². The van der Waals surface area contributed by atoms with E-state index in [1.165, 1.54) is 28.8 Å². The standard InChI is InChI=1S/C17H14ClN3O3S/c18-14-7-3-1-5-12(14)11-25-17-19-9-10-20(17)16(22)13-6-2-4-8-15(13)21(23)24/h1-8H,9-11H2. The maximum absolute atomic E-state index is 12.8. The van der Waals surface area contributed by atoms with Gasteiger partial charge in [-0.2, -0.15) is 0 Å². The molecule has 0 fully saturated rings. The molecule has 0 unspecified atom stereocenters. The number of aliphatic imine (C=N–C) groups is 1. The Labute approximate surface area is 153 Å². The number of halogens is 1. The lowest BCUT2D eigenvalue weighted by Crippen LogP contribution is -2.33. The summed E-state index contributed by atoms with van der Waals surface area (Å²) in [4.78, 5) is 29.2. The van der Waals surface area contributed by atoms with Gasteiger partial charge < -0.3 is 0 Å². The van der Waals surface area contributed by atoms with Crippen molar-refractivity contribution in [1.29, 1.82) is 0 Å². The van der Waals surface area contributed by atoms with Crippen LogP contribution in [0.1, 0.15) is 15.9 Å². The third kappa shape index (κ3) is 3.83. The van der Waals surface area contributed by atoms with E-state index in [2.05, 4.69) is 4.99 Å². The number of carbonyl (C=O) groups is 1. The minimum Gasteiger partial charge on any atom is -0.285 e. The molecule has 0 radical (unpaired) electrons. The zero-order chi connectivity index (χ0) is 17.8. The Bertz CT molecular complexity index is 857. The number of para-hydroxylation sites is 1. The molecule has 1 heterocycles. The van der Waals surface area contributed by atoms with Gasteiger partial charge in [0, 0.05) is 23.4 Å². The lowest BCUT2D eigenvalue weighted by molar-refractivity contribution is -0.385. The fourth-order valence-electron chi connectivity index (χ4n) is 2.46. The first kappa shape index (κ1) is 17.4. The molecular weight excluding hydrogens is 362 g/mol. The van der Waals surface area contributed by atoms with Crippen LogP contribution in [0.2, 0.25) is 5.02 Å². The van der Waals surface area contributed by atoms with Crippen LogP contribution in [0, 0.1) is 10.1 Å².